The molecule has 4 rings (SSSR count). The molecular formula is C19H15N5O. The number of fused-ring (bicyclic) bond motifs is 1. The molecule has 6 heteroatoms. The number of benzene rings is 2. The Morgan fingerprint density at radius 1 is 1.00 bits per heavy atom. The summed E-state index contributed by atoms with van der Waals surface area (Å²) in [6, 6.07) is 15.9. The van der Waals surface area contributed by atoms with Gasteiger partial charge in [-0.25, -0.2) is 15.0 Å². The minimum atomic E-state index is 0.701. The maximum atomic E-state index is 4.72. The number of hydrogen-bond donors (Lipinski definition) is 0. The SMILES string of the molecule is CON=Cc1ccc2c(c1)ncn2-c1cccc(-c2ncccn2)c1. The maximum absolute atomic E-state index is 4.72. The van der Waals surface area contributed by atoms with Gasteiger partial charge in [-0.15, -0.1) is 0 Å². The van der Waals surface area contributed by atoms with Gasteiger partial charge in [0.1, 0.15) is 13.4 Å². The molecule has 0 saturated carbocycles. The van der Waals surface area contributed by atoms with Crippen LogP contribution in [0.15, 0.2) is 72.4 Å². The van der Waals surface area contributed by atoms with Crippen molar-refractivity contribution in [3.8, 4) is 17.1 Å². The predicted octanol–water partition coefficient (Wildman–Crippen LogP) is 3.46. The molecule has 122 valence electrons. The van der Waals surface area contributed by atoms with Gasteiger partial charge >= 0.3 is 0 Å². The number of hydrogen-bond acceptors (Lipinski definition) is 5. The molecule has 0 radical (unpaired) electrons. The van der Waals surface area contributed by atoms with Crippen molar-refractivity contribution in [1.82, 2.24) is 19.5 Å². The fraction of sp³-hybridized carbons (Fsp3) is 0.0526. The first-order valence-electron chi connectivity index (χ1n) is 7.76. The fourth-order valence-corrected chi connectivity index (χ4v) is 2.67. The minimum absolute atomic E-state index is 0.701. The highest BCUT2D eigenvalue weighted by molar-refractivity contribution is 5.87. The summed E-state index contributed by atoms with van der Waals surface area (Å²) in [5.74, 6) is 0.701. The second-order valence-corrected chi connectivity index (χ2v) is 5.40. The van der Waals surface area contributed by atoms with E-state index in [9.17, 15) is 0 Å². The second-order valence-electron chi connectivity index (χ2n) is 5.40. The van der Waals surface area contributed by atoms with E-state index >= 15 is 0 Å². The van der Waals surface area contributed by atoms with E-state index in [1.807, 2.05) is 47.3 Å². The van der Waals surface area contributed by atoms with E-state index in [4.69, 9.17) is 4.84 Å². The van der Waals surface area contributed by atoms with E-state index in [1.54, 1.807) is 24.7 Å². The van der Waals surface area contributed by atoms with Crippen LogP contribution in [0.2, 0.25) is 0 Å². The third-order valence-corrected chi connectivity index (χ3v) is 3.83. The summed E-state index contributed by atoms with van der Waals surface area (Å²) in [5, 5.41) is 3.79. The van der Waals surface area contributed by atoms with Crippen molar-refractivity contribution < 1.29 is 4.84 Å². The van der Waals surface area contributed by atoms with Gasteiger partial charge in [0.05, 0.1) is 17.2 Å². The van der Waals surface area contributed by atoms with Crippen LogP contribution in [0.4, 0.5) is 0 Å². The topological polar surface area (TPSA) is 65.2 Å². The van der Waals surface area contributed by atoms with E-state index in [0.717, 1.165) is 27.8 Å². The summed E-state index contributed by atoms with van der Waals surface area (Å²) in [4.78, 5) is 17.8. The number of imidazole rings is 1. The molecule has 0 bridgehead atoms. The Hall–Kier alpha value is -3.54. The van der Waals surface area contributed by atoms with Gasteiger partial charge in [-0.1, -0.05) is 23.4 Å². The number of aromatic nitrogens is 4. The van der Waals surface area contributed by atoms with Gasteiger partial charge in [-0.05, 0) is 35.9 Å². The quantitative estimate of drug-likeness (QED) is 0.425. The van der Waals surface area contributed by atoms with Crippen LogP contribution >= 0.6 is 0 Å². The monoisotopic (exact) mass is 329 g/mol. The highest BCUT2D eigenvalue weighted by atomic mass is 16.6. The molecule has 0 spiro atoms. The van der Waals surface area contributed by atoms with Crippen LogP contribution in [0.1, 0.15) is 5.56 Å². The lowest BCUT2D eigenvalue weighted by Gasteiger charge is -2.07. The molecule has 0 saturated heterocycles. The Bertz CT molecular complexity index is 1040. The van der Waals surface area contributed by atoms with E-state index in [1.165, 1.54) is 7.11 Å². The summed E-state index contributed by atoms with van der Waals surface area (Å²) in [6.45, 7) is 0. The van der Waals surface area contributed by atoms with Crippen molar-refractivity contribution in [2.75, 3.05) is 7.11 Å². The van der Waals surface area contributed by atoms with Crippen molar-refractivity contribution in [1.29, 1.82) is 0 Å². The van der Waals surface area contributed by atoms with Crippen LogP contribution in [0.5, 0.6) is 0 Å². The van der Waals surface area contributed by atoms with Crippen molar-refractivity contribution in [2.45, 2.75) is 0 Å². The van der Waals surface area contributed by atoms with Gasteiger partial charge in [-0.3, -0.25) is 4.57 Å². The first-order valence-corrected chi connectivity index (χ1v) is 7.76. The molecule has 25 heavy (non-hydrogen) atoms. The fourth-order valence-electron chi connectivity index (χ4n) is 2.67. The minimum Gasteiger partial charge on any atom is -0.399 e. The smallest absolute Gasteiger partial charge is 0.159 e. The molecule has 0 fully saturated rings. The first-order chi connectivity index (χ1) is 12.3. The largest absolute Gasteiger partial charge is 0.399 e. The zero-order valence-electron chi connectivity index (χ0n) is 13.6. The average Bonchev–Trinajstić information content (AvgIpc) is 3.10. The molecular weight excluding hydrogens is 314 g/mol. The van der Waals surface area contributed by atoms with E-state index < -0.39 is 0 Å². The highest BCUT2D eigenvalue weighted by Gasteiger charge is 2.07. The molecule has 0 amide bonds. The van der Waals surface area contributed by atoms with Crippen LogP contribution < -0.4 is 0 Å². The molecule has 0 N–H and O–H groups in total. The Balaban J connectivity index is 1.76. The Labute approximate surface area is 144 Å². The van der Waals surface area contributed by atoms with Crippen LogP contribution in [-0.2, 0) is 4.84 Å². The Morgan fingerprint density at radius 3 is 2.72 bits per heavy atom. The lowest BCUT2D eigenvalue weighted by molar-refractivity contribution is 0.215. The normalized spacial score (nSPS) is 11.2. The molecule has 0 aliphatic carbocycles. The number of oxime groups is 1. The molecule has 2 aromatic carbocycles. The standard InChI is InChI=1S/C19H15N5O/c1-25-23-12-14-6-7-18-17(10-14)22-13-24(18)16-5-2-4-15(11-16)19-20-8-3-9-21-19/h2-13H,1H3. The van der Waals surface area contributed by atoms with E-state index in [2.05, 4.69) is 26.2 Å². The van der Waals surface area contributed by atoms with Crippen molar-refractivity contribution in [3.63, 3.8) is 0 Å². The summed E-state index contributed by atoms with van der Waals surface area (Å²) < 4.78 is 2.04. The summed E-state index contributed by atoms with van der Waals surface area (Å²) in [7, 11) is 1.52. The zero-order valence-corrected chi connectivity index (χ0v) is 13.6. The van der Waals surface area contributed by atoms with Gasteiger partial charge in [-0.2, -0.15) is 0 Å². The molecule has 6 nitrogen and oxygen atoms in total. The lowest BCUT2D eigenvalue weighted by atomic mass is 10.1. The second kappa shape index (κ2) is 6.52. The van der Waals surface area contributed by atoms with Crippen molar-refractivity contribution >= 4 is 17.2 Å². The molecule has 2 heterocycles. The van der Waals surface area contributed by atoms with Gasteiger partial charge in [0.2, 0.25) is 0 Å². The Kier molecular flexibility index (Phi) is 3.92. The molecule has 0 aliphatic rings. The number of nitrogens with zero attached hydrogens (tertiary/aromatic N) is 5. The maximum Gasteiger partial charge on any atom is 0.159 e. The van der Waals surface area contributed by atoms with Crippen LogP contribution in [0.25, 0.3) is 28.1 Å². The Morgan fingerprint density at radius 2 is 1.88 bits per heavy atom. The van der Waals surface area contributed by atoms with Gasteiger partial charge in [0.15, 0.2) is 5.82 Å². The van der Waals surface area contributed by atoms with Gasteiger partial charge in [0.25, 0.3) is 0 Å². The van der Waals surface area contributed by atoms with Crippen molar-refractivity contribution in [2.24, 2.45) is 5.16 Å². The van der Waals surface area contributed by atoms with Gasteiger partial charge in [0, 0.05) is 23.6 Å². The van der Waals surface area contributed by atoms with Crippen molar-refractivity contribution in [3.05, 3.63) is 72.8 Å². The summed E-state index contributed by atoms with van der Waals surface area (Å²) >= 11 is 0. The third-order valence-electron chi connectivity index (χ3n) is 3.83. The molecule has 4 aromatic rings. The zero-order chi connectivity index (χ0) is 17.1. The molecule has 0 unspecified atom stereocenters. The predicted molar refractivity (Wildman–Crippen MR) is 96.7 cm³/mol. The average molecular weight is 329 g/mol. The van der Waals surface area contributed by atoms with E-state index in [-0.39, 0.29) is 0 Å². The molecule has 2 aromatic heterocycles. The van der Waals surface area contributed by atoms with Crippen LogP contribution in [0.3, 0.4) is 0 Å². The third kappa shape index (κ3) is 2.97. The first kappa shape index (κ1) is 15.0. The summed E-state index contributed by atoms with van der Waals surface area (Å²) in [5.41, 5.74) is 4.81. The molecule has 0 aliphatic heterocycles. The van der Waals surface area contributed by atoms with E-state index in [0.29, 0.717) is 5.82 Å². The number of rotatable bonds is 4. The van der Waals surface area contributed by atoms with Crippen LogP contribution in [-0.4, -0.2) is 32.8 Å². The summed E-state index contributed by atoms with van der Waals surface area (Å²) in [6.07, 6.45) is 6.95. The van der Waals surface area contributed by atoms with Gasteiger partial charge < -0.3 is 4.84 Å². The molecule has 0 atom stereocenters. The lowest BCUT2D eigenvalue weighted by Crippen LogP contribution is -1.94. The van der Waals surface area contributed by atoms with Crippen LogP contribution in [0, 0.1) is 0 Å². The highest BCUT2D eigenvalue weighted by Crippen LogP contribution is 2.22.